The third kappa shape index (κ3) is 7.52. The summed E-state index contributed by atoms with van der Waals surface area (Å²) >= 11 is 0. The Morgan fingerprint density at radius 1 is 0.333 bits per heavy atom. The zero-order valence-corrected chi connectivity index (χ0v) is 39.5. The lowest BCUT2D eigenvalue weighted by Gasteiger charge is -2.20. The van der Waals surface area contributed by atoms with E-state index in [-0.39, 0.29) is 0 Å². The molecule has 0 fully saturated rings. The minimum atomic E-state index is 0.941. The molecule has 0 aliphatic carbocycles. The predicted octanol–water partition coefficient (Wildman–Crippen LogP) is 17.1. The van der Waals surface area contributed by atoms with E-state index in [4.69, 9.17) is 20.1 Å². The van der Waals surface area contributed by atoms with Gasteiger partial charge in [-0.1, -0.05) is 194 Å². The highest BCUT2D eigenvalue weighted by Gasteiger charge is 2.23. The highest BCUT2D eigenvalue weighted by Crippen LogP contribution is 2.47. The van der Waals surface area contributed by atoms with E-state index in [9.17, 15) is 0 Å². The van der Waals surface area contributed by atoms with Crippen LogP contribution < -0.4 is 0 Å². The fourth-order valence-corrected chi connectivity index (χ4v) is 10.6. The number of nitrogens with zero attached hydrogens (tertiary/aromatic N) is 5. The lowest BCUT2D eigenvalue weighted by molar-refractivity contribution is 1.00. The molecule has 5 nitrogen and oxygen atoms in total. The van der Waals surface area contributed by atoms with Crippen LogP contribution in [0.2, 0.25) is 0 Å². The lowest BCUT2D eigenvalue weighted by Crippen LogP contribution is -1.99. The van der Waals surface area contributed by atoms with Crippen LogP contribution >= 0.6 is 0 Å². The van der Waals surface area contributed by atoms with Crippen LogP contribution in [0.25, 0.3) is 128 Å². The van der Waals surface area contributed by atoms with Gasteiger partial charge in [-0.3, -0.25) is 15.0 Å². The van der Waals surface area contributed by atoms with Gasteiger partial charge in [0.05, 0.1) is 34.1 Å². The van der Waals surface area contributed by atoms with Gasteiger partial charge < -0.3 is 0 Å². The number of rotatable bonds is 9. The van der Waals surface area contributed by atoms with Crippen LogP contribution in [0.5, 0.6) is 0 Å². The molecule has 5 aromatic heterocycles. The van der Waals surface area contributed by atoms with Gasteiger partial charge in [-0.2, -0.15) is 5.10 Å². The summed E-state index contributed by atoms with van der Waals surface area (Å²) in [5.74, 6) is 0. The van der Waals surface area contributed by atoms with Gasteiger partial charge in [0.2, 0.25) is 0 Å². The SMILES string of the molecule is Cc1cccc2c3ncc(-c4ccccc4-c4cc(-c5ccccc5-c5ccc(-c6ccccc6)nc5)cc(-c5ccccc5-c5ccc(-c6ccccc6)nc5)c4)c(-c4ccccc4)c3c3ccnn3c12. The molecule has 72 heavy (non-hydrogen) atoms. The molecule has 0 radical (unpaired) electrons. The molecule has 8 aromatic carbocycles. The van der Waals surface area contributed by atoms with Crippen molar-refractivity contribution in [2.24, 2.45) is 0 Å². The van der Waals surface area contributed by atoms with E-state index in [1.165, 1.54) is 0 Å². The fourth-order valence-electron chi connectivity index (χ4n) is 10.6. The normalized spacial score (nSPS) is 11.4. The van der Waals surface area contributed by atoms with Gasteiger partial charge in [-0.25, -0.2) is 4.52 Å². The second kappa shape index (κ2) is 18.1. The monoisotopic (exact) mass is 919 g/mol. The molecule has 0 atom stereocenters. The molecule has 13 aromatic rings. The van der Waals surface area contributed by atoms with Crippen molar-refractivity contribution in [3.63, 3.8) is 0 Å². The van der Waals surface area contributed by atoms with Crippen LogP contribution in [-0.4, -0.2) is 24.6 Å². The summed E-state index contributed by atoms with van der Waals surface area (Å²) < 4.78 is 2.09. The maximum absolute atomic E-state index is 5.40. The fraction of sp³-hybridized carbons (Fsp3) is 0.0149. The zero-order chi connectivity index (χ0) is 48.0. The average Bonchev–Trinajstić information content (AvgIpc) is 3.96. The van der Waals surface area contributed by atoms with Gasteiger partial charge in [0.1, 0.15) is 0 Å². The molecule has 0 saturated carbocycles. The summed E-state index contributed by atoms with van der Waals surface area (Å²) in [5, 5.41) is 7.05. The van der Waals surface area contributed by atoms with Crippen LogP contribution in [0, 0.1) is 6.92 Å². The van der Waals surface area contributed by atoms with Crippen molar-refractivity contribution in [3.8, 4) is 100 Å². The molecule has 338 valence electrons. The maximum Gasteiger partial charge on any atom is 0.0824 e. The molecule has 0 N–H and O–H groups in total. The van der Waals surface area contributed by atoms with Crippen molar-refractivity contribution in [3.05, 3.63) is 261 Å². The molecular weight excluding hydrogens is 875 g/mol. The van der Waals surface area contributed by atoms with Gasteiger partial charge in [-0.15, -0.1) is 0 Å². The molecule has 0 aliphatic heterocycles. The molecular formula is C67H45N5. The first kappa shape index (κ1) is 42.5. The zero-order valence-electron chi connectivity index (χ0n) is 39.5. The molecule has 0 spiro atoms. The first-order valence-corrected chi connectivity index (χ1v) is 24.4. The molecule has 0 bridgehead atoms. The molecule has 13 rings (SSSR count). The number of hydrogen-bond acceptors (Lipinski definition) is 4. The Labute approximate surface area is 418 Å². The quantitative estimate of drug-likeness (QED) is 0.135. The van der Waals surface area contributed by atoms with E-state index in [1.807, 2.05) is 30.7 Å². The van der Waals surface area contributed by atoms with Crippen LogP contribution in [0.15, 0.2) is 255 Å². The summed E-state index contributed by atoms with van der Waals surface area (Å²) in [6.45, 7) is 2.15. The van der Waals surface area contributed by atoms with Gasteiger partial charge in [0, 0.05) is 62.7 Å². The highest BCUT2D eigenvalue weighted by atomic mass is 15.2. The number of fused-ring (bicyclic) bond motifs is 6. The molecule has 0 aliphatic rings. The van der Waals surface area contributed by atoms with Crippen LogP contribution in [0.3, 0.4) is 0 Å². The first-order chi connectivity index (χ1) is 35.6. The van der Waals surface area contributed by atoms with Crippen LogP contribution in [0.4, 0.5) is 0 Å². The van der Waals surface area contributed by atoms with E-state index < -0.39 is 0 Å². The predicted molar refractivity (Wildman–Crippen MR) is 297 cm³/mol. The Hall–Kier alpha value is -9.58. The molecule has 0 saturated heterocycles. The highest BCUT2D eigenvalue weighted by molar-refractivity contribution is 6.19. The van der Waals surface area contributed by atoms with Gasteiger partial charge in [-0.05, 0) is 105 Å². The van der Waals surface area contributed by atoms with Crippen LogP contribution in [-0.2, 0) is 0 Å². The van der Waals surface area contributed by atoms with Gasteiger partial charge in [0.25, 0.3) is 0 Å². The number of aromatic nitrogens is 5. The topological polar surface area (TPSA) is 56.0 Å². The summed E-state index contributed by atoms with van der Waals surface area (Å²) in [4.78, 5) is 15.4. The van der Waals surface area contributed by atoms with Gasteiger partial charge >= 0.3 is 0 Å². The molecule has 0 amide bonds. The Morgan fingerprint density at radius 3 is 1.29 bits per heavy atom. The van der Waals surface area contributed by atoms with Crippen molar-refractivity contribution in [1.82, 2.24) is 24.6 Å². The average molecular weight is 920 g/mol. The van der Waals surface area contributed by atoms with E-state index >= 15 is 0 Å². The second-order valence-electron chi connectivity index (χ2n) is 18.3. The third-order valence-electron chi connectivity index (χ3n) is 14.0. The van der Waals surface area contributed by atoms with E-state index in [1.54, 1.807) is 0 Å². The Morgan fingerprint density at radius 2 is 0.792 bits per heavy atom. The van der Waals surface area contributed by atoms with E-state index in [0.717, 1.165) is 133 Å². The minimum Gasteiger partial charge on any atom is -0.256 e. The van der Waals surface area contributed by atoms with Crippen molar-refractivity contribution in [1.29, 1.82) is 0 Å². The summed E-state index contributed by atoms with van der Waals surface area (Å²) in [6, 6.07) is 81.8. The molecule has 0 unspecified atom stereocenters. The van der Waals surface area contributed by atoms with Crippen molar-refractivity contribution in [2.75, 3.05) is 0 Å². The van der Waals surface area contributed by atoms with Crippen molar-refractivity contribution < 1.29 is 0 Å². The van der Waals surface area contributed by atoms with Gasteiger partial charge in [0.15, 0.2) is 0 Å². The lowest BCUT2D eigenvalue weighted by atomic mass is 9.85. The Bertz CT molecular complexity index is 3980. The summed E-state index contributed by atoms with van der Waals surface area (Å²) in [7, 11) is 0. The minimum absolute atomic E-state index is 0.941. The number of hydrogen-bond donors (Lipinski definition) is 0. The smallest absolute Gasteiger partial charge is 0.0824 e. The van der Waals surface area contributed by atoms with E-state index in [2.05, 4.69) is 236 Å². The summed E-state index contributed by atoms with van der Waals surface area (Å²) in [6.07, 6.45) is 8.00. The van der Waals surface area contributed by atoms with Crippen molar-refractivity contribution in [2.45, 2.75) is 6.92 Å². The maximum atomic E-state index is 5.40. The van der Waals surface area contributed by atoms with E-state index in [0.29, 0.717) is 0 Å². The molecule has 5 heteroatoms. The number of pyridine rings is 4. The number of aryl methyl sites for hydroxylation is 1. The standard InChI is InChI=1S/C67H45N5/c1-44-18-17-31-59-66-65(63-36-37-71-72(63)67(44)59)64(47-23-9-4-10-24-47)60(43-70-66)58-30-16-15-29-57(58)52-39-50(55-27-13-11-25-53(55)48-32-34-61(68-41-48)45-19-5-2-6-20-45)38-51(40-52)56-28-14-12-26-54(56)49-33-35-62(69-42-49)46-21-7-3-8-22-46/h2-43H,1H3. The van der Waals surface area contributed by atoms with Crippen molar-refractivity contribution >= 4 is 27.3 Å². The Balaban J connectivity index is 1.04. The third-order valence-corrected chi connectivity index (χ3v) is 14.0. The molecule has 5 heterocycles. The number of para-hydroxylation sites is 1. The summed E-state index contributed by atoms with van der Waals surface area (Å²) in [5.41, 5.74) is 23.5. The Kier molecular flexibility index (Phi) is 10.7. The largest absolute Gasteiger partial charge is 0.256 e. The number of benzene rings is 8. The first-order valence-electron chi connectivity index (χ1n) is 24.4. The second-order valence-corrected chi connectivity index (χ2v) is 18.3. The van der Waals surface area contributed by atoms with Crippen LogP contribution in [0.1, 0.15) is 5.56 Å².